The third kappa shape index (κ3) is 6.17. The van der Waals surface area contributed by atoms with Crippen LogP contribution in [-0.2, 0) is 21.8 Å². The monoisotopic (exact) mass is 556 g/mol. The van der Waals surface area contributed by atoms with Gasteiger partial charge in [-0.05, 0) is 84.9 Å². The van der Waals surface area contributed by atoms with E-state index in [-0.39, 0.29) is 21.8 Å². The maximum absolute atomic E-state index is 2.36. The molecule has 0 saturated heterocycles. The molecule has 0 nitrogen and oxygen atoms in total. The summed E-state index contributed by atoms with van der Waals surface area (Å²) in [6.07, 6.45) is 0. The van der Waals surface area contributed by atoms with Crippen molar-refractivity contribution in [3.63, 3.8) is 0 Å². The van der Waals surface area contributed by atoms with Gasteiger partial charge in [0.15, 0.2) is 29.4 Å². The largest absolute Gasteiger partial charge is 0.167 e. The van der Waals surface area contributed by atoms with E-state index in [0.29, 0.717) is 0 Å². The standard InChI is InChI=1S/C36H28S3/c1-5-15-31(16-6-1)38(32-17-7-2-8-18-32)35-26-24-29(25-27-35)37-30-14-13-23-36(28-30)39(33-19-9-3-10-20-33)34-21-11-4-12-22-34/h1-28H/q+2. The Morgan fingerprint density at radius 1 is 0.282 bits per heavy atom. The Hall–Kier alpha value is -3.63. The van der Waals surface area contributed by atoms with Crippen LogP contribution in [0.15, 0.2) is 209 Å². The molecule has 0 aliphatic carbocycles. The molecule has 3 heteroatoms. The molecule has 0 atom stereocenters. The molecular weight excluding hydrogens is 529 g/mol. The van der Waals surface area contributed by atoms with Gasteiger partial charge in [-0.3, -0.25) is 0 Å². The van der Waals surface area contributed by atoms with E-state index in [2.05, 4.69) is 170 Å². The minimum atomic E-state index is -0.147. The molecule has 188 valence electrons. The van der Waals surface area contributed by atoms with Crippen molar-refractivity contribution in [3.05, 3.63) is 170 Å². The quantitative estimate of drug-likeness (QED) is 0.168. The van der Waals surface area contributed by atoms with Crippen LogP contribution in [0.2, 0.25) is 0 Å². The van der Waals surface area contributed by atoms with Gasteiger partial charge in [0.1, 0.15) is 0 Å². The third-order valence-corrected chi connectivity index (χ3v) is 11.7. The van der Waals surface area contributed by atoms with Gasteiger partial charge in [-0.2, -0.15) is 0 Å². The van der Waals surface area contributed by atoms with E-state index < -0.39 is 0 Å². The zero-order valence-electron chi connectivity index (χ0n) is 21.4. The first kappa shape index (κ1) is 25.6. The second kappa shape index (κ2) is 12.5. The van der Waals surface area contributed by atoms with Gasteiger partial charge in [0, 0.05) is 15.9 Å². The van der Waals surface area contributed by atoms with Gasteiger partial charge in [-0.1, -0.05) is 90.6 Å². The number of hydrogen-bond donors (Lipinski definition) is 0. The summed E-state index contributed by atoms with van der Waals surface area (Å²) in [6, 6.07) is 61.5. The van der Waals surface area contributed by atoms with Crippen molar-refractivity contribution in [1.82, 2.24) is 0 Å². The van der Waals surface area contributed by atoms with E-state index in [1.807, 2.05) is 11.8 Å². The molecule has 0 aliphatic rings. The average Bonchev–Trinajstić information content (AvgIpc) is 3.01. The molecule has 0 aromatic heterocycles. The predicted molar refractivity (Wildman–Crippen MR) is 167 cm³/mol. The number of rotatable bonds is 8. The first-order valence-electron chi connectivity index (χ1n) is 12.9. The van der Waals surface area contributed by atoms with Crippen molar-refractivity contribution in [1.29, 1.82) is 0 Å². The molecule has 0 spiro atoms. The topological polar surface area (TPSA) is 0 Å². The summed E-state index contributed by atoms with van der Waals surface area (Å²) in [7, 11) is -0.277. The van der Waals surface area contributed by atoms with Crippen molar-refractivity contribution >= 4 is 33.6 Å². The van der Waals surface area contributed by atoms with Crippen molar-refractivity contribution in [2.75, 3.05) is 0 Å². The summed E-state index contributed by atoms with van der Waals surface area (Å²) in [5.74, 6) is 0. The van der Waals surface area contributed by atoms with Crippen LogP contribution in [-0.4, -0.2) is 0 Å². The molecular formula is C36H28S3+2. The average molecular weight is 557 g/mol. The van der Waals surface area contributed by atoms with Gasteiger partial charge in [0.05, 0.1) is 21.8 Å². The van der Waals surface area contributed by atoms with E-state index in [1.54, 1.807) is 0 Å². The SMILES string of the molecule is c1ccc([S+](c2ccccc2)c2ccc(Sc3cccc([S+](c4ccccc4)c4ccccc4)c3)cc2)cc1. The Morgan fingerprint density at radius 3 is 1.08 bits per heavy atom. The Kier molecular flexibility index (Phi) is 8.21. The van der Waals surface area contributed by atoms with Crippen LogP contribution in [0, 0.1) is 0 Å². The van der Waals surface area contributed by atoms with Gasteiger partial charge in [-0.25, -0.2) is 0 Å². The van der Waals surface area contributed by atoms with E-state index in [1.165, 1.54) is 39.2 Å². The summed E-state index contributed by atoms with van der Waals surface area (Å²) in [5.41, 5.74) is 0. The Balaban J connectivity index is 1.29. The molecule has 39 heavy (non-hydrogen) atoms. The lowest BCUT2D eigenvalue weighted by Gasteiger charge is -2.10. The molecule has 6 rings (SSSR count). The van der Waals surface area contributed by atoms with Crippen molar-refractivity contribution in [2.45, 2.75) is 39.2 Å². The highest BCUT2D eigenvalue weighted by Crippen LogP contribution is 2.37. The molecule has 0 aliphatic heterocycles. The van der Waals surface area contributed by atoms with Gasteiger partial charge in [0.2, 0.25) is 0 Å². The highest BCUT2D eigenvalue weighted by molar-refractivity contribution is 7.99. The zero-order valence-corrected chi connectivity index (χ0v) is 23.8. The fraction of sp³-hybridized carbons (Fsp3) is 0. The maximum atomic E-state index is 2.36. The van der Waals surface area contributed by atoms with Crippen LogP contribution in [0.4, 0.5) is 0 Å². The highest BCUT2D eigenvalue weighted by Gasteiger charge is 2.29. The van der Waals surface area contributed by atoms with Gasteiger partial charge in [0.25, 0.3) is 0 Å². The van der Waals surface area contributed by atoms with Crippen LogP contribution < -0.4 is 0 Å². The first-order chi connectivity index (χ1) is 19.3. The molecule has 6 aromatic carbocycles. The van der Waals surface area contributed by atoms with E-state index in [9.17, 15) is 0 Å². The van der Waals surface area contributed by atoms with Crippen LogP contribution in [0.1, 0.15) is 0 Å². The Bertz CT molecular complexity index is 1520. The van der Waals surface area contributed by atoms with Crippen LogP contribution in [0.5, 0.6) is 0 Å². The second-order valence-electron chi connectivity index (χ2n) is 8.91. The van der Waals surface area contributed by atoms with Crippen LogP contribution >= 0.6 is 11.8 Å². The minimum absolute atomic E-state index is 0.130. The lowest BCUT2D eigenvalue weighted by atomic mass is 10.3. The van der Waals surface area contributed by atoms with Crippen molar-refractivity contribution in [3.8, 4) is 0 Å². The smallest absolute Gasteiger partial charge is 0.0899 e. The maximum Gasteiger partial charge on any atom is 0.167 e. The summed E-state index contributed by atoms with van der Waals surface area (Å²) >= 11 is 1.83. The molecule has 0 unspecified atom stereocenters. The normalized spacial score (nSPS) is 11.1. The van der Waals surface area contributed by atoms with Gasteiger partial charge < -0.3 is 0 Å². The van der Waals surface area contributed by atoms with Crippen molar-refractivity contribution in [2.24, 2.45) is 0 Å². The van der Waals surface area contributed by atoms with E-state index >= 15 is 0 Å². The van der Waals surface area contributed by atoms with E-state index in [0.717, 1.165) is 0 Å². The summed E-state index contributed by atoms with van der Waals surface area (Å²) in [5, 5.41) is 0. The first-order valence-corrected chi connectivity index (χ1v) is 16.2. The Labute approximate surface area is 241 Å². The van der Waals surface area contributed by atoms with Crippen LogP contribution in [0.3, 0.4) is 0 Å². The van der Waals surface area contributed by atoms with Gasteiger partial charge >= 0.3 is 0 Å². The van der Waals surface area contributed by atoms with Gasteiger partial charge in [-0.15, -0.1) is 0 Å². The number of hydrogen-bond acceptors (Lipinski definition) is 1. The molecule has 0 radical (unpaired) electrons. The summed E-state index contributed by atoms with van der Waals surface area (Å²) < 4.78 is 0. The van der Waals surface area contributed by atoms with Crippen molar-refractivity contribution < 1.29 is 0 Å². The fourth-order valence-corrected chi connectivity index (χ4v) is 9.66. The van der Waals surface area contributed by atoms with Crippen LogP contribution in [0.25, 0.3) is 0 Å². The lowest BCUT2D eigenvalue weighted by molar-refractivity contribution is 1.26. The predicted octanol–water partition coefficient (Wildman–Crippen LogP) is 10.0. The molecule has 0 amide bonds. The third-order valence-electron chi connectivity index (χ3n) is 6.25. The molecule has 0 saturated carbocycles. The zero-order chi connectivity index (χ0) is 26.3. The lowest BCUT2D eigenvalue weighted by Crippen LogP contribution is -2.04. The molecule has 0 N–H and O–H groups in total. The Morgan fingerprint density at radius 2 is 0.641 bits per heavy atom. The second-order valence-corrected chi connectivity index (χ2v) is 14.1. The molecule has 6 aromatic rings. The summed E-state index contributed by atoms with van der Waals surface area (Å²) in [6.45, 7) is 0. The molecule has 0 fully saturated rings. The highest BCUT2D eigenvalue weighted by atomic mass is 32.2. The number of benzene rings is 6. The summed E-state index contributed by atoms with van der Waals surface area (Å²) in [4.78, 5) is 10.5. The minimum Gasteiger partial charge on any atom is -0.0899 e. The molecule has 0 heterocycles. The molecule has 0 bridgehead atoms. The van der Waals surface area contributed by atoms with E-state index in [4.69, 9.17) is 0 Å². The fourth-order valence-electron chi connectivity index (χ4n) is 4.49.